The lowest BCUT2D eigenvalue weighted by Crippen LogP contribution is -2.24. The van der Waals surface area contributed by atoms with Gasteiger partial charge in [0.2, 0.25) is 0 Å². The second-order valence-electron chi connectivity index (χ2n) is 9.36. The normalized spacial score (nSPS) is 14.8. The van der Waals surface area contributed by atoms with Crippen molar-refractivity contribution < 1.29 is 4.79 Å². The molecule has 1 aliphatic rings. The van der Waals surface area contributed by atoms with Crippen LogP contribution in [-0.2, 0) is 6.54 Å². The lowest BCUT2D eigenvalue weighted by atomic mass is 9.84. The van der Waals surface area contributed by atoms with Gasteiger partial charge >= 0.3 is 0 Å². The van der Waals surface area contributed by atoms with Crippen molar-refractivity contribution in [1.82, 2.24) is 9.55 Å². The molecule has 4 rings (SSSR count). The molecule has 0 radical (unpaired) electrons. The smallest absolute Gasteiger partial charge is 0.262 e. The van der Waals surface area contributed by atoms with Crippen LogP contribution in [0.2, 0.25) is 5.02 Å². The summed E-state index contributed by atoms with van der Waals surface area (Å²) in [5, 5.41) is 1.67. The van der Waals surface area contributed by atoms with Crippen LogP contribution in [0.3, 0.4) is 0 Å². The van der Waals surface area contributed by atoms with Crippen LogP contribution in [0, 0.1) is 5.92 Å². The van der Waals surface area contributed by atoms with E-state index in [0.717, 1.165) is 6.42 Å². The van der Waals surface area contributed by atoms with E-state index in [4.69, 9.17) is 16.6 Å². The minimum Gasteiger partial charge on any atom is -0.293 e. The summed E-state index contributed by atoms with van der Waals surface area (Å²) in [6.07, 6.45) is 7.28. The maximum atomic E-state index is 13.2. The first-order chi connectivity index (χ1) is 15.9. The number of thioether (sulfide) groups is 1. The number of Topliss-reactive ketones (excluding diaryl/α,β-unsaturated/α-hetero) is 1. The van der Waals surface area contributed by atoms with Crippen molar-refractivity contribution in [3.63, 3.8) is 0 Å². The van der Waals surface area contributed by atoms with E-state index in [-0.39, 0.29) is 17.1 Å². The van der Waals surface area contributed by atoms with E-state index in [2.05, 4.69) is 26.0 Å². The minimum absolute atomic E-state index is 0.0473. The summed E-state index contributed by atoms with van der Waals surface area (Å²) in [6.45, 7) is 4.84. The summed E-state index contributed by atoms with van der Waals surface area (Å²) in [7, 11) is 0. The Bertz CT molecular complexity index is 1180. The lowest BCUT2D eigenvalue weighted by Gasteiger charge is -2.22. The summed E-state index contributed by atoms with van der Waals surface area (Å²) in [5.41, 5.74) is 2.54. The minimum atomic E-state index is -0.0795. The van der Waals surface area contributed by atoms with E-state index in [1.807, 2.05) is 12.1 Å². The third-order valence-electron chi connectivity index (χ3n) is 6.45. The average Bonchev–Trinajstić information content (AvgIpc) is 2.82. The third kappa shape index (κ3) is 5.88. The number of halogens is 1. The fourth-order valence-corrected chi connectivity index (χ4v) is 5.55. The number of benzene rings is 2. The highest BCUT2D eigenvalue weighted by molar-refractivity contribution is 7.99. The number of hydrogen-bond acceptors (Lipinski definition) is 4. The van der Waals surface area contributed by atoms with Crippen molar-refractivity contribution >= 4 is 40.0 Å². The summed E-state index contributed by atoms with van der Waals surface area (Å²) in [4.78, 5) is 30.8. The lowest BCUT2D eigenvalue weighted by molar-refractivity contribution is 0.102. The van der Waals surface area contributed by atoms with Gasteiger partial charge in [-0.3, -0.25) is 14.2 Å². The second-order valence-corrected chi connectivity index (χ2v) is 10.7. The van der Waals surface area contributed by atoms with E-state index in [9.17, 15) is 9.59 Å². The molecule has 1 saturated carbocycles. The number of carbonyl (C=O) groups is 1. The fraction of sp³-hybridized carbons (Fsp3) is 0.444. The number of carbonyl (C=O) groups excluding carboxylic acids is 1. The molecule has 0 bridgehead atoms. The summed E-state index contributed by atoms with van der Waals surface area (Å²) in [5.74, 6) is 1.37. The topological polar surface area (TPSA) is 52.0 Å². The van der Waals surface area contributed by atoms with Gasteiger partial charge in [-0.2, -0.15) is 0 Å². The number of fused-ring (bicyclic) bond motifs is 1. The summed E-state index contributed by atoms with van der Waals surface area (Å²) in [6, 6.07) is 13.3. The van der Waals surface area contributed by atoms with E-state index < -0.39 is 0 Å². The molecule has 6 heteroatoms. The Morgan fingerprint density at radius 1 is 1.12 bits per heavy atom. The van der Waals surface area contributed by atoms with Crippen LogP contribution in [0.25, 0.3) is 10.9 Å². The van der Waals surface area contributed by atoms with Gasteiger partial charge in [-0.25, -0.2) is 4.98 Å². The van der Waals surface area contributed by atoms with E-state index in [1.54, 1.807) is 22.8 Å². The zero-order valence-corrected chi connectivity index (χ0v) is 20.9. The Labute approximate surface area is 204 Å². The zero-order chi connectivity index (χ0) is 23.4. The van der Waals surface area contributed by atoms with E-state index >= 15 is 0 Å². The van der Waals surface area contributed by atoms with Crippen LogP contribution < -0.4 is 5.56 Å². The fourth-order valence-electron chi connectivity index (χ4n) is 4.46. The molecule has 3 aromatic rings. The van der Waals surface area contributed by atoms with Crippen molar-refractivity contribution in [2.75, 3.05) is 5.75 Å². The highest BCUT2D eigenvalue weighted by Gasteiger charge is 2.17. The van der Waals surface area contributed by atoms with E-state index in [1.165, 1.54) is 49.4 Å². The molecule has 0 unspecified atom stereocenters. The second kappa shape index (κ2) is 10.9. The number of nitrogens with zero attached hydrogens (tertiary/aromatic N) is 2. The number of ketones is 1. The predicted octanol–water partition coefficient (Wildman–Crippen LogP) is 7.12. The maximum Gasteiger partial charge on any atom is 0.262 e. The van der Waals surface area contributed by atoms with Crippen molar-refractivity contribution in [2.24, 2.45) is 5.92 Å². The first-order valence-corrected chi connectivity index (χ1v) is 13.2. The quantitative estimate of drug-likeness (QED) is 0.195. The molecule has 0 spiro atoms. The highest BCUT2D eigenvalue weighted by Crippen LogP contribution is 2.32. The molecular weight excluding hydrogens is 452 g/mol. The average molecular weight is 483 g/mol. The number of aromatic nitrogens is 2. The van der Waals surface area contributed by atoms with Gasteiger partial charge in [-0.05, 0) is 54.9 Å². The van der Waals surface area contributed by atoms with Crippen LogP contribution in [0.5, 0.6) is 0 Å². The molecule has 174 valence electrons. The van der Waals surface area contributed by atoms with Crippen LogP contribution in [0.1, 0.15) is 74.2 Å². The van der Waals surface area contributed by atoms with Gasteiger partial charge in [0.15, 0.2) is 10.9 Å². The molecule has 0 saturated heterocycles. The Morgan fingerprint density at radius 3 is 2.55 bits per heavy atom. The molecule has 1 aliphatic carbocycles. The Morgan fingerprint density at radius 2 is 1.85 bits per heavy atom. The number of rotatable bonds is 8. The summed E-state index contributed by atoms with van der Waals surface area (Å²) >= 11 is 7.46. The number of hydrogen-bond donors (Lipinski definition) is 0. The first kappa shape index (κ1) is 24.0. The van der Waals surface area contributed by atoms with Gasteiger partial charge in [-0.15, -0.1) is 0 Å². The monoisotopic (exact) mass is 482 g/mol. The van der Waals surface area contributed by atoms with Crippen LogP contribution >= 0.6 is 23.4 Å². The molecule has 0 amide bonds. The molecular formula is C27H31ClN2O2S. The van der Waals surface area contributed by atoms with Gasteiger partial charge in [-0.1, -0.05) is 80.7 Å². The largest absolute Gasteiger partial charge is 0.293 e. The Balaban J connectivity index is 1.53. The maximum absolute atomic E-state index is 13.2. The van der Waals surface area contributed by atoms with E-state index in [0.29, 0.717) is 45.0 Å². The standard InChI is InChI=1S/C27H31ClN2O2S/c1-18(2)14-15-30-26(32)23-13-12-22(28)16-24(23)29-27(30)33-17-25(31)21-10-8-20(9-11-21)19-6-4-3-5-7-19/h8-13,16,18-19H,3-7,14-15,17H2,1-2H3. The van der Waals surface area contributed by atoms with Gasteiger partial charge in [0, 0.05) is 17.1 Å². The molecule has 1 heterocycles. The Hall–Kier alpha value is -2.11. The van der Waals surface area contributed by atoms with Crippen molar-refractivity contribution in [3.8, 4) is 0 Å². The van der Waals surface area contributed by atoms with Gasteiger partial charge in [0.1, 0.15) is 0 Å². The van der Waals surface area contributed by atoms with Crippen LogP contribution in [0.4, 0.5) is 0 Å². The van der Waals surface area contributed by atoms with Crippen molar-refractivity contribution in [3.05, 3.63) is 69.0 Å². The molecule has 0 aliphatic heterocycles. The Kier molecular flexibility index (Phi) is 7.92. The first-order valence-electron chi connectivity index (χ1n) is 11.9. The predicted molar refractivity (Wildman–Crippen MR) is 138 cm³/mol. The molecule has 1 aromatic heterocycles. The highest BCUT2D eigenvalue weighted by atomic mass is 35.5. The SMILES string of the molecule is CC(C)CCn1c(SCC(=O)c2ccc(C3CCCCC3)cc2)nc2cc(Cl)ccc2c1=O. The van der Waals surface area contributed by atoms with Crippen molar-refractivity contribution in [1.29, 1.82) is 0 Å². The van der Waals surface area contributed by atoms with Gasteiger partial charge < -0.3 is 0 Å². The van der Waals surface area contributed by atoms with Crippen LogP contribution in [-0.4, -0.2) is 21.1 Å². The summed E-state index contributed by atoms with van der Waals surface area (Å²) < 4.78 is 1.71. The molecule has 1 fully saturated rings. The van der Waals surface area contributed by atoms with Crippen molar-refractivity contribution in [2.45, 2.75) is 70.0 Å². The zero-order valence-electron chi connectivity index (χ0n) is 19.4. The van der Waals surface area contributed by atoms with Gasteiger partial charge in [0.25, 0.3) is 5.56 Å². The molecule has 4 nitrogen and oxygen atoms in total. The van der Waals surface area contributed by atoms with Gasteiger partial charge in [0.05, 0.1) is 16.7 Å². The molecule has 0 atom stereocenters. The molecule has 33 heavy (non-hydrogen) atoms. The third-order valence-corrected chi connectivity index (χ3v) is 7.67. The van der Waals surface area contributed by atoms with Crippen LogP contribution in [0.15, 0.2) is 52.4 Å². The molecule has 2 aromatic carbocycles. The molecule has 0 N–H and O–H groups in total.